The molecule has 0 atom stereocenters. The number of amides is 1. The molecule has 0 unspecified atom stereocenters. The molecule has 1 aromatic rings. The highest BCUT2D eigenvalue weighted by Crippen LogP contribution is 2.38. The van der Waals surface area contributed by atoms with Crippen LogP contribution in [0.1, 0.15) is 51.3 Å². The lowest BCUT2D eigenvalue weighted by Gasteiger charge is -2.20. The Bertz CT molecular complexity index is 893. The minimum Gasteiger partial charge on any atom is -0.354 e. The van der Waals surface area contributed by atoms with Gasteiger partial charge in [-0.2, -0.15) is 5.26 Å². The summed E-state index contributed by atoms with van der Waals surface area (Å²) in [5.74, 6) is 0.743. The Balaban J connectivity index is 1.67. The number of thioether (sulfide) groups is 1. The van der Waals surface area contributed by atoms with Gasteiger partial charge in [0.2, 0.25) is 11.9 Å². The minimum atomic E-state index is -0.0144. The number of hydrogen-bond acceptors (Lipinski definition) is 7. The van der Waals surface area contributed by atoms with E-state index >= 15 is 0 Å². The number of rotatable bonds is 6. The molecular weight excluding hydrogens is 384 g/mol. The standard InChI is InChI=1S/C21H28N6OS/c1-14-12-24-20(23-8-6-10-27-9-5-7-17(27)28)26-18(14)15(11-22)19-25-16(13-29-19)21(2,3)4/h12-13,25H,5-10H2,1-4H3,(H,23,24,26)/b19-15-. The summed E-state index contributed by atoms with van der Waals surface area (Å²) in [5, 5.41) is 19.3. The van der Waals surface area contributed by atoms with E-state index in [0.29, 0.717) is 30.2 Å². The van der Waals surface area contributed by atoms with Crippen molar-refractivity contribution in [1.29, 1.82) is 5.26 Å². The Morgan fingerprint density at radius 3 is 2.86 bits per heavy atom. The predicted octanol–water partition coefficient (Wildman–Crippen LogP) is 3.63. The Morgan fingerprint density at radius 2 is 2.24 bits per heavy atom. The average molecular weight is 413 g/mol. The van der Waals surface area contributed by atoms with E-state index in [9.17, 15) is 10.1 Å². The maximum absolute atomic E-state index is 11.7. The first kappa shape index (κ1) is 21.2. The summed E-state index contributed by atoms with van der Waals surface area (Å²) in [6.45, 7) is 10.6. The molecule has 7 nitrogen and oxygen atoms in total. The number of nitrogens with one attached hydrogen (secondary N) is 2. The molecule has 8 heteroatoms. The number of carbonyl (C=O) groups excluding carboxylic acids is 1. The molecule has 0 radical (unpaired) electrons. The molecule has 2 N–H and O–H groups in total. The van der Waals surface area contributed by atoms with Gasteiger partial charge in [-0.15, -0.1) is 0 Å². The van der Waals surface area contributed by atoms with Crippen molar-refractivity contribution >= 4 is 29.2 Å². The van der Waals surface area contributed by atoms with E-state index in [1.807, 2.05) is 11.8 Å². The molecule has 0 bridgehead atoms. The van der Waals surface area contributed by atoms with Gasteiger partial charge in [0.15, 0.2) is 0 Å². The largest absolute Gasteiger partial charge is 0.354 e. The first-order chi connectivity index (χ1) is 13.8. The third-order valence-corrected chi connectivity index (χ3v) is 5.85. The molecule has 29 heavy (non-hydrogen) atoms. The summed E-state index contributed by atoms with van der Waals surface area (Å²) in [7, 11) is 0. The number of likely N-dealkylation sites (tertiary alicyclic amines) is 1. The van der Waals surface area contributed by atoms with E-state index in [1.165, 1.54) is 11.8 Å². The number of aryl methyl sites for hydroxylation is 1. The van der Waals surface area contributed by atoms with Crippen LogP contribution in [0, 0.1) is 23.7 Å². The number of nitrogens with zero attached hydrogens (tertiary/aromatic N) is 4. The SMILES string of the molecule is Cc1cnc(NCCCN2CCCC2=O)nc1/C(C#N)=C1/NC(C(C)(C)C)=CS1. The van der Waals surface area contributed by atoms with Gasteiger partial charge in [0.25, 0.3) is 0 Å². The van der Waals surface area contributed by atoms with Gasteiger partial charge in [0.05, 0.1) is 10.7 Å². The van der Waals surface area contributed by atoms with Crippen molar-refractivity contribution in [3.63, 3.8) is 0 Å². The van der Waals surface area contributed by atoms with E-state index in [2.05, 4.69) is 52.9 Å². The van der Waals surface area contributed by atoms with Crippen molar-refractivity contribution in [2.45, 2.75) is 47.0 Å². The van der Waals surface area contributed by atoms with E-state index in [-0.39, 0.29) is 11.3 Å². The lowest BCUT2D eigenvalue weighted by molar-refractivity contribution is -0.127. The van der Waals surface area contributed by atoms with Crippen LogP contribution < -0.4 is 10.6 Å². The topological polar surface area (TPSA) is 93.9 Å². The number of nitriles is 1. The van der Waals surface area contributed by atoms with E-state index in [4.69, 9.17) is 0 Å². The second-order valence-corrected chi connectivity index (χ2v) is 9.21. The van der Waals surface area contributed by atoms with Gasteiger partial charge in [-0.1, -0.05) is 32.5 Å². The molecule has 0 spiro atoms. The summed E-state index contributed by atoms with van der Waals surface area (Å²) in [4.78, 5) is 22.5. The van der Waals surface area contributed by atoms with Crippen molar-refractivity contribution < 1.29 is 4.79 Å². The molecule has 2 aliphatic rings. The van der Waals surface area contributed by atoms with Crippen LogP contribution in [0.4, 0.5) is 5.95 Å². The summed E-state index contributed by atoms with van der Waals surface area (Å²) >= 11 is 1.52. The normalized spacial score (nSPS) is 18.4. The van der Waals surface area contributed by atoms with Crippen molar-refractivity contribution in [2.75, 3.05) is 25.0 Å². The fourth-order valence-corrected chi connectivity index (χ4v) is 4.26. The predicted molar refractivity (Wildman–Crippen MR) is 116 cm³/mol. The fraction of sp³-hybridized carbons (Fsp3) is 0.524. The lowest BCUT2D eigenvalue weighted by atomic mass is 9.93. The highest BCUT2D eigenvalue weighted by atomic mass is 32.2. The maximum Gasteiger partial charge on any atom is 0.223 e. The molecule has 0 aliphatic carbocycles. The molecular formula is C21H28N6OS. The van der Waals surface area contributed by atoms with E-state index < -0.39 is 0 Å². The second-order valence-electron chi connectivity index (χ2n) is 8.33. The van der Waals surface area contributed by atoms with Crippen molar-refractivity contribution in [2.24, 2.45) is 5.41 Å². The summed E-state index contributed by atoms with van der Waals surface area (Å²) in [5.41, 5.74) is 3.09. The molecule has 0 saturated carbocycles. The van der Waals surface area contributed by atoms with Crippen LogP contribution in [0.5, 0.6) is 0 Å². The Labute approximate surface area is 176 Å². The van der Waals surface area contributed by atoms with Gasteiger partial charge in [0, 0.05) is 43.4 Å². The molecule has 2 aliphatic heterocycles. The zero-order chi connectivity index (χ0) is 21.0. The highest BCUT2D eigenvalue weighted by molar-refractivity contribution is 8.06. The third kappa shape index (κ3) is 5.10. The monoisotopic (exact) mass is 412 g/mol. The van der Waals surface area contributed by atoms with Crippen LogP contribution in [-0.4, -0.2) is 40.4 Å². The quantitative estimate of drug-likeness (QED) is 0.544. The Hall–Kier alpha value is -2.53. The van der Waals surface area contributed by atoms with Crippen LogP contribution in [0.2, 0.25) is 0 Å². The molecule has 154 valence electrons. The lowest BCUT2D eigenvalue weighted by Crippen LogP contribution is -2.27. The second kappa shape index (κ2) is 8.87. The molecule has 3 rings (SSSR count). The van der Waals surface area contributed by atoms with Gasteiger partial charge >= 0.3 is 0 Å². The zero-order valence-electron chi connectivity index (χ0n) is 17.5. The van der Waals surface area contributed by atoms with Crippen molar-refractivity contribution in [3.05, 3.63) is 33.6 Å². The van der Waals surface area contributed by atoms with Crippen molar-refractivity contribution in [1.82, 2.24) is 20.2 Å². The van der Waals surface area contributed by atoms with Crippen LogP contribution in [0.25, 0.3) is 5.57 Å². The maximum atomic E-state index is 11.7. The Morgan fingerprint density at radius 1 is 1.45 bits per heavy atom. The van der Waals surface area contributed by atoms with Crippen LogP contribution >= 0.6 is 11.8 Å². The van der Waals surface area contributed by atoms with Gasteiger partial charge in [-0.25, -0.2) is 9.97 Å². The van der Waals surface area contributed by atoms with E-state index in [0.717, 1.165) is 42.2 Å². The average Bonchev–Trinajstić information content (AvgIpc) is 3.31. The van der Waals surface area contributed by atoms with Crippen molar-refractivity contribution in [3.8, 4) is 6.07 Å². The number of anilines is 1. The Kier molecular flexibility index (Phi) is 6.48. The van der Waals surface area contributed by atoms with Gasteiger partial charge < -0.3 is 15.5 Å². The molecule has 1 fully saturated rings. The summed E-state index contributed by atoms with van der Waals surface area (Å²) in [6, 6.07) is 2.31. The summed E-state index contributed by atoms with van der Waals surface area (Å²) in [6.07, 6.45) is 4.20. The molecule has 1 saturated heterocycles. The third-order valence-electron chi connectivity index (χ3n) is 4.96. The first-order valence-corrected chi connectivity index (χ1v) is 10.8. The smallest absolute Gasteiger partial charge is 0.223 e. The number of hydrogen-bond donors (Lipinski definition) is 2. The number of allylic oxidation sites excluding steroid dienone is 2. The first-order valence-electron chi connectivity index (χ1n) is 9.94. The zero-order valence-corrected chi connectivity index (χ0v) is 18.3. The van der Waals surface area contributed by atoms with Crippen LogP contribution in [0.3, 0.4) is 0 Å². The van der Waals surface area contributed by atoms with Crippen LogP contribution in [-0.2, 0) is 4.79 Å². The molecule has 3 heterocycles. The molecule has 0 aromatic carbocycles. The fourth-order valence-electron chi connectivity index (χ4n) is 3.19. The van der Waals surface area contributed by atoms with Gasteiger partial charge in [-0.05, 0) is 30.7 Å². The van der Waals surface area contributed by atoms with Gasteiger partial charge in [-0.3, -0.25) is 4.79 Å². The highest BCUT2D eigenvalue weighted by Gasteiger charge is 2.25. The summed E-state index contributed by atoms with van der Waals surface area (Å²) < 4.78 is 0. The van der Waals surface area contributed by atoms with Gasteiger partial charge in [0.1, 0.15) is 11.6 Å². The van der Waals surface area contributed by atoms with Crippen LogP contribution in [0.15, 0.2) is 22.3 Å². The molecule has 1 amide bonds. The molecule has 1 aromatic heterocycles. The minimum absolute atomic E-state index is 0.0144. The van der Waals surface area contributed by atoms with E-state index in [1.54, 1.807) is 6.20 Å². The number of aromatic nitrogens is 2. The number of carbonyl (C=O) groups is 1.